The van der Waals surface area contributed by atoms with Crippen LogP contribution in [-0.4, -0.2) is 25.9 Å². The first kappa shape index (κ1) is 18.5. The predicted molar refractivity (Wildman–Crippen MR) is 104 cm³/mol. The van der Waals surface area contributed by atoms with Crippen LogP contribution >= 0.6 is 23.1 Å². The van der Waals surface area contributed by atoms with Crippen LogP contribution in [0.1, 0.15) is 44.6 Å². The number of thiophene rings is 1. The average molecular weight is 379 g/mol. The highest BCUT2D eigenvalue weighted by molar-refractivity contribution is 8.00. The van der Waals surface area contributed by atoms with Crippen molar-refractivity contribution in [3.8, 4) is 10.7 Å². The van der Waals surface area contributed by atoms with E-state index in [0.717, 1.165) is 34.6 Å². The topological polar surface area (TPSA) is 73.8 Å². The second kappa shape index (κ2) is 6.76. The number of hydrogen-bond acceptors (Lipinski definition) is 5. The molecule has 1 aliphatic carbocycles. The molecule has 0 spiro atoms. The van der Waals surface area contributed by atoms with E-state index in [2.05, 4.69) is 37.0 Å². The van der Waals surface area contributed by atoms with Gasteiger partial charge in [-0.15, -0.1) is 21.5 Å². The maximum absolute atomic E-state index is 11.3. The first-order valence-electron chi connectivity index (χ1n) is 8.64. The van der Waals surface area contributed by atoms with Crippen molar-refractivity contribution in [2.75, 3.05) is 0 Å². The summed E-state index contributed by atoms with van der Waals surface area (Å²) in [5.74, 6) is 1.25. The molecule has 0 radical (unpaired) electrons. The van der Waals surface area contributed by atoms with Gasteiger partial charge >= 0.3 is 0 Å². The van der Waals surface area contributed by atoms with Gasteiger partial charge in [0, 0.05) is 11.9 Å². The lowest BCUT2D eigenvalue weighted by molar-refractivity contribution is -0.117. The maximum Gasteiger partial charge on any atom is 0.230 e. The van der Waals surface area contributed by atoms with Gasteiger partial charge in [-0.3, -0.25) is 4.79 Å². The molecule has 2 heterocycles. The summed E-state index contributed by atoms with van der Waals surface area (Å²) in [5, 5.41) is 9.01. The molecule has 2 aromatic heterocycles. The fourth-order valence-corrected chi connectivity index (χ4v) is 5.22. The van der Waals surface area contributed by atoms with Gasteiger partial charge < -0.3 is 10.3 Å². The Kier molecular flexibility index (Phi) is 4.99. The zero-order valence-corrected chi connectivity index (χ0v) is 17.1. The molecule has 5 nitrogen and oxygen atoms in total. The van der Waals surface area contributed by atoms with Crippen molar-refractivity contribution < 1.29 is 4.79 Å². The predicted octanol–water partition coefficient (Wildman–Crippen LogP) is 3.66. The minimum Gasteiger partial charge on any atom is -0.369 e. The van der Waals surface area contributed by atoms with Crippen LogP contribution in [0, 0.1) is 11.3 Å². The van der Waals surface area contributed by atoms with Crippen LogP contribution in [-0.2, 0) is 24.7 Å². The molecule has 0 aromatic carbocycles. The number of amides is 1. The summed E-state index contributed by atoms with van der Waals surface area (Å²) in [6, 6.07) is 2.29. The van der Waals surface area contributed by atoms with Crippen molar-refractivity contribution >= 4 is 29.0 Å². The van der Waals surface area contributed by atoms with E-state index in [-0.39, 0.29) is 11.2 Å². The molecule has 0 bridgehead atoms. The van der Waals surface area contributed by atoms with E-state index in [1.54, 1.807) is 6.92 Å². The number of primary amides is 1. The van der Waals surface area contributed by atoms with E-state index >= 15 is 0 Å². The summed E-state index contributed by atoms with van der Waals surface area (Å²) >= 11 is 3.18. The number of carbonyl (C=O) groups is 1. The van der Waals surface area contributed by atoms with Gasteiger partial charge in [0.2, 0.25) is 5.91 Å². The Hall–Kier alpha value is -1.34. The molecule has 0 aliphatic heterocycles. The van der Waals surface area contributed by atoms with Crippen LogP contribution in [0.5, 0.6) is 0 Å². The molecule has 2 N–H and O–H groups in total. The number of nitrogens with two attached hydrogens (primary N) is 1. The molecule has 0 saturated heterocycles. The Bertz CT molecular complexity index is 788. The number of thioether (sulfide) groups is 1. The Morgan fingerprint density at radius 2 is 2.16 bits per heavy atom. The van der Waals surface area contributed by atoms with E-state index in [1.165, 1.54) is 28.6 Å². The second-order valence-corrected chi connectivity index (χ2v) is 10.3. The van der Waals surface area contributed by atoms with Gasteiger partial charge in [-0.25, -0.2) is 0 Å². The van der Waals surface area contributed by atoms with Gasteiger partial charge in [0.15, 0.2) is 11.0 Å². The second-order valence-electron chi connectivity index (χ2n) is 7.89. The highest BCUT2D eigenvalue weighted by atomic mass is 32.2. The SMILES string of the molecule is C[C@H](Sc1nnc(-c2cc3c(s2)CC[C@@H](C(C)(C)C)C3)n1C)C(N)=O. The fraction of sp³-hybridized carbons (Fsp3) is 0.611. The summed E-state index contributed by atoms with van der Waals surface area (Å²) in [4.78, 5) is 13.9. The summed E-state index contributed by atoms with van der Waals surface area (Å²) in [5.41, 5.74) is 7.16. The third-order valence-electron chi connectivity index (χ3n) is 5.05. The van der Waals surface area contributed by atoms with Crippen molar-refractivity contribution in [2.45, 2.75) is 57.4 Å². The summed E-state index contributed by atoms with van der Waals surface area (Å²) < 4.78 is 1.96. The zero-order valence-electron chi connectivity index (χ0n) is 15.5. The monoisotopic (exact) mass is 378 g/mol. The van der Waals surface area contributed by atoms with E-state index in [0.29, 0.717) is 5.41 Å². The van der Waals surface area contributed by atoms with Gasteiger partial charge in [-0.2, -0.15) is 0 Å². The van der Waals surface area contributed by atoms with Crippen LogP contribution in [0.15, 0.2) is 11.2 Å². The van der Waals surface area contributed by atoms with E-state index in [4.69, 9.17) is 5.73 Å². The van der Waals surface area contributed by atoms with Crippen molar-refractivity contribution in [1.82, 2.24) is 14.8 Å². The average Bonchev–Trinajstić information content (AvgIpc) is 3.09. The number of carbonyl (C=O) groups excluding carboxylic acids is 1. The number of nitrogens with zero attached hydrogens (tertiary/aromatic N) is 3. The van der Waals surface area contributed by atoms with Crippen LogP contribution in [0.4, 0.5) is 0 Å². The molecule has 1 aliphatic rings. The first-order valence-corrected chi connectivity index (χ1v) is 10.3. The van der Waals surface area contributed by atoms with Gasteiger partial charge in [0.05, 0.1) is 10.1 Å². The van der Waals surface area contributed by atoms with Gasteiger partial charge in [-0.05, 0) is 49.1 Å². The Morgan fingerprint density at radius 3 is 2.80 bits per heavy atom. The van der Waals surface area contributed by atoms with E-state index < -0.39 is 0 Å². The molecule has 136 valence electrons. The zero-order chi connectivity index (χ0) is 18.4. The number of rotatable bonds is 4. The third kappa shape index (κ3) is 3.77. The molecule has 2 aromatic rings. The minimum absolute atomic E-state index is 0.320. The minimum atomic E-state index is -0.339. The van der Waals surface area contributed by atoms with Crippen LogP contribution in [0.2, 0.25) is 0 Å². The van der Waals surface area contributed by atoms with Crippen LogP contribution < -0.4 is 5.73 Å². The maximum atomic E-state index is 11.3. The van der Waals surface area contributed by atoms with Crippen molar-refractivity contribution in [1.29, 1.82) is 0 Å². The summed E-state index contributed by atoms with van der Waals surface area (Å²) in [7, 11) is 1.95. The molecular formula is C18H26N4OS2. The Labute approximate surface area is 157 Å². The molecule has 0 unspecified atom stereocenters. The molecular weight excluding hydrogens is 352 g/mol. The summed E-state index contributed by atoms with van der Waals surface area (Å²) in [6.07, 6.45) is 3.56. The lowest BCUT2D eigenvalue weighted by Gasteiger charge is -2.33. The number of aryl methyl sites for hydroxylation is 1. The molecule has 2 atom stereocenters. The quantitative estimate of drug-likeness (QED) is 0.824. The highest BCUT2D eigenvalue weighted by Gasteiger charge is 2.30. The molecule has 25 heavy (non-hydrogen) atoms. The third-order valence-corrected chi connectivity index (χ3v) is 7.43. The van der Waals surface area contributed by atoms with Crippen molar-refractivity contribution in [3.63, 3.8) is 0 Å². The highest BCUT2D eigenvalue weighted by Crippen LogP contribution is 2.42. The van der Waals surface area contributed by atoms with Gasteiger partial charge in [0.1, 0.15) is 0 Å². The fourth-order valence-electron chi connectivity index (χ4n) is 3.22. The first-order chi connectivity index (χ1) is 11.7. The Balaban J connectivity index is 1.84. The number of aromatic nitrogens is 3. The van der Waals surface area contributed by atoms with E-state index in [9.17, 15) is 4.79 Å². The molecule has 0 saturated carbocycles. The lowest BCUT2D eigenvalue weighted by Crippen LogP contribution is -2.26. The summed E-state index contributed by atoms with van der Waals surface area (Å²) in [6.45, 7) is 8.80. The van der Waals surface area contributed by atoms with E-state index in [1.807, 2.05) is 23.0 Å². The molecule has 3 rings (SSSR count). The molecule has 0 fully saturated rings. The van der Waals surface area contributed by atoms with Crippen LogP contribution in [0.3, 0.4) is 0 Å². The molecule has 7 heteroatoms. The van der Waals surface area contributed by atoms with Crippen LogP contribution in [0.25, 0.3) is 10.7 Å². The van der Waals surface area contributed by atoms with Gasteiger partial charge in [-0.1, -0.05) is 32.5 Å². The number of hydrogen-bond donors (Lipinski definition) is 1. The van der Waals surface area contributed by atoms with Crippen molar-refractivity contribution in [2.24, 2.45) is 24.1 Å². The van der Waals surface area contributed by atoms with Crippen molar-refractivity contribution in [3.05, 3.63) is 16.5 Å². The molecule has 1 amide bonds. The normalized spacial score (nSPS) is 18.8. The Morgan fingerprint density at radius 1 is 1.44 bits per heavy atom. The largest absolute Gasteiger partial charge is 0.369 e. The van der Waals surface area contributed by atoms with Gasteiger partial charge in [0.25, 0.3) is 0 Å². The lowest BCUT2D eigenvalue weighted by atomic mass is 9.72. The number of fused-ring (bicyclic) bond motifs is 1. The standard InChI is InChI=1S/C18H26N4OS2/c1-10(15(19)23)24-17-21-20-16(22(17)5)14-9-11-8-12(18(2,3)4)6-7-13(11)25-14/h9-10,12H,6-8H2,1-5H3,(H2,19,23)/t10-,12+/m0/s1. The smallest absolute Gasteiger partial charge is 0.230 e.